The van der Waals surface area contributed by atoms with Crippen LogP contribution in [0.2, 0.25) is 0 Å². The standard InChI is InChI=1S/C30H26N2O4/c1-35-22-12-11-18-15-23-30(34)16-20-19-9-5-6-10-21(19)31-25(20)27-29(30,24(18)26(22)36-27)13-14-32(23)28(33)17-7-3-2-4-8-17/h2-12,23,27,31,34H,13-16H2,1H3/t23-,27+,29+,30-/m1/s1. The molecule has 0 saturated carbocycles. The van der Waals surface area contributed by atoms with Crippen LogP contribution < -0.4 is 9.47 Å². The third-order valence-electron chi connectivity index (χ3n) is 9.25. The molecule has 8 rings (SSSR count). The molecule has 6 nitrogen and oxygen atoms in total. The van der Waals surface area contributed by atoms with E-state index in [0.29, 0.717) is 37.1 Å². The molecule has 180 valence electrons. The molecule has 2 N–H and O–H groups in total. The van der Waals surface area contributed by atoms with Gasteiger partial charge in [-0.3, -0.25) is 4.79 Å². The van der Waals surface area contributed by atoms with Gasteiger partial charge in [-0.1, -0.05) is 42.5 Å². The Morgan fingerprint density at radius 2 is 1.92 bits per heavy atom. The molecule has 3 aromatic carbocycles. The fourth-order valence-corrected chi connectivity index (χ4v) is 7.78. The number of methoxy groups -OCH3 is 1. The number of aliphatic hydroxyl groups is 1. The summed E-state index contributed by atoms with van der Waals surface area (Å²) >= 11 is 0. The van der Waals surface area contributed by atoms with Crippen LogP contribution in [-0.4, -0.2) is 46.2 Å². The Hall–Kier alpha value is -3.77. The minimum atomic E-state index is -1.18. The monoisotopic (exact) mass is 478 g/mol. The van der Waals surface area contributed by atoms with E-state index in [0.717, 1.165) is 39.0 Å². The summed E-state index contributed by atoms with van der Waals surface area (Å²) in [6, 6.07) is 21.3. The van der Waals surface area contributed by atoms with E-state index in [1.165, 1.54) is 0 Å². The molecule has 2 aliphatic carbocycles. The first kappa shape index (κ1) is 20.4. The van der Waals surface area contributed by atoms with E-state index in [-0.39, 0.29) is 18.1 Å². The number of nitrogens with one attached hydrogen (secondary N) is 1. The van der Waals surface area contributed by atoms with Crippen molar-refractivity contribution < 1.29 is 19.4 Å². The Morgan fingerprint density at radius 1 is 1.11 bits per heavy atom. The van der Waals surface area contributed by atoms with Gasteiger partial charge < -0.3 is 24.5 Å². The van der Waals surface area contributed by atoms with Gasteiger partial charge >= 0.3 is 0 Å². The number of fused-ring (bicyclic) bond motifs is 4. The number of likely N-dealkylation sites (tertiary alicyclic amines) is 1. The molecule has 36 heavy (non-hydrogen) atoms. The predicted octanol–water partition coefficient (Wildman–Crippen LogP) is 4.31. The average Bonchev–Trinajstić information content (AvgIpc) is 3.44. The number of benzene rings is 3. The number of aromatic amines is 1. The number of para-hydroxylation sites is 1. The van der Waals surface area contributed by atoms with Gasteiger partial charge in [-0.25, -0.2) is 0 Å². The number of ether oxygens (including phenoxy) is 2. The van der Waals surface area contributed by atoms with Gasteiger partial charge in [0, 0.05) is 35.0 Å². The maximum Gasteiger partial charge on any atom is 0.254 e. The number of amides is 1. The summed E-state index contributed by atoms with van der Waals surface area (Å²) in [6.07, 6.45) is 1.29. The minimum absolute atomic E-state index is 0.0266. The van der Waals surface area contributed by atoms with E-state index in [9.17, 15) is 9.90 Å². The van der Waals surface area contributed by atoms with Crippen molar-refractivity contribution in [1.29, 1.82) is 0 Å². The van der Waals surface area contributed by atoms with Gasteiger partial charge in [0.15, 0.2) is 17.6 Å². The first-order valence-corrected chi connectivity index (χ1v) is 12.6. The van der Waals surface area contributed by atoms with E-state index in [1.54, 1.807) is 7.11 Å². The molecule has 0 unspecified atom stereocenters. The second-order valence-electron chi connectivity index (χ2n) is 10.6. The number of rotatable bonds is 2. The Kier molecular flexibility index (Phi) is 3.81. The van der Waals surface area contributed by atoms with Crippen molar-refractivity contribution in [3.8, 4) is 11.5 Å². The lowest BCUT2D eigenvalue weighted by Crippen LogP contribution is -2.75. The number of piperidine rings is 1. The summed E-state index contributed by atoms with van der Waals surface area (Å²) < 4.78 is 12.5. The van der Waals surface area contributed by atoms with Gasteiger partial charge in [-0.05, 0) is 48.2 Å². The molecule has 2 aliphatic heterocycles. The predicted molar refractivity (Wildman–Crippen MR) is 135 cm³/mol. The molecular weight excluding hydrogens is 452 g/mol. The fraction of sp³-hybridized carbons (Fsp3) is 0.300. The van der Waals surface area contributed by atoms with Gasteiger partial charge in [0.05, 0.1) is 24.3 Å². The van der Waals surface area contributed by atoms with E-state index < -0.39 is 11.0 Å². The van der Waals surface area contributed by atoms with Crippen molar-refractivity contribution in [2.24, 2.45) is 0 Å². The average molecular weight is 479 g/mol. The molecule has 1 spiro atoms. The number of aromatic nitrogens is 1. The van der Waals surface area contributed by atoms with Crippen LogP contribution in [0.5, 0.6) is 11.5 Å². The maximum absolute atomic E-state index is 13.8. The van der Waals surface area contributed by atoms with Gasteiger partial charge in [0.25, 0.3) is 5.91 Å². The molecule has 6 heteroatoms. The molecule has 1 saturated heterocycles. The smallest absolute Gasteiger partial charge is 0.254 e. The van der Waals surface area contributed by atoms with Crippen LogP contribution in [-0.2, 0) is 18.3 Å². The van der Waals surface area contributed by atoms with E-state index in [1.807, 2.05) is 53.4 Å². The first-order valence-electron chi connectivity index (χ1n) is 12.6. The molecule has 1 amide bonds. The Labute approximate surface area is 208 Å². The number of hydrogen-bond acceptors (Lipinski definition) is 4. The van der Waals surface area contributed by atoms with Gasteiger partial charge in [-0.2, -0.15) is 0 Å². The SMILES string of the molecule is COc1ccc2c3c1O[C@H]1c4[nH]c5ccccc5c4C[C@@]4(O)[C@@H](C2)N(C(=O)c2ccccc2)CC[C@]314. The van der Waals surface area contributed by atoms with Crippen LogP contribution in [0.3, 0.4) is 0 Å². The van der Waals surface area contributed by atoms with E-state index in [4.69, 9.17) is 9.47 Å². The first-order chi connectivity index (χ1) is 17.6. The Morgan fingerprint density at radius 3 is 2.75 bits per heavy atom. The largest absolute Gasteiger partial charge is 0.493 e. The lowest BCUT2D eigenvalue weighted by molar-refractivity contribution is -0.162. The number of nitrogens with zero attached hydrogens (tertiary/aromatic N) is 1. The van der Waals surface area contributed by atoms with Crippen molar-refractivity contribution in [2.45, 2.75) is 42.4 Å². The van der Waals surface area contributed by atoms with Crippen LogP contribution in [0.25, 0.3) is 10.9 Å². The summed E-state index contributed by atoms with van der Waals surface area (Å²) in [5, 5.41) is 14.0. The maximum atomic E-state index is 13.8. The van der Waals surface area contributed by atoms with Crippen molar-refractivity contribution in [3.63, 3.8) is 0 Å². The van der Waals surface area contributed by atoms with E-state index in [2.05, 4.69) is 23.2 Å². The molecular formula is C30H26N2O4. The highest BCUT2D eigenvalue weighted by Crippen LogP contribution is 2.69. The van der Waals surface area contributed by atoms with Crippen molar-refractivity contribution in [1.82, 2.24) is 9.88 Å². The normalized spacial score (nSPS) is 28.9. The third-order valence-corrected chi connectivity index (χ3v) is 9.25. The van der Waals surface area contributed by atoms with Gasteiger partial charge in [-0.15, -0.1) is 0 Å². The second kappa shape index (κ2) is 6.71. The molecule has 3 heterocycles. The zero-order chi connectivity index (χ0) is 24.2. The quantitative estimate of drug-likeness (QED) is 0.450. The summed E-state index contributed by atoms with van der Waals surface area (Å²) in [6.45, 7) is 0.562. The second-order valence-corrected chi connectivity index (χ2v) is 10.6. The van der Waals surface area contributed by atoms with Crippen molar-refractivity contribution in [3.05, 3.63) is 94.7 Å². The van der Waals surface area contributed by atoms with Gasteiger partial charge in [0.2, 0.25) is 0 Å². The zero-order valence-electron chi connectivity index (χ0n) is 20.0. The molecule has 4 aromatic rings. The number of hydrogen-bond donors (Lipinski definition) is 2. The molecule has 4 aliphatic rings. The number of carbonyl (C=O) groups is 1. The number of H-pyrrole nitrogens is 1. The Bertz CT molecular complexity index is 1580. The lowest BCUT2D eigenvalue weighted by atomic mass is 9.49. The Balaban J connectivity index is 1.39. The topological polar surface area (TPSA) is 74.8 Å². The van der Waals surface area contributed by atoms with Crippen LogP contribution in [0.4, 0.5) is 0 Å². The summed E-state index contributed by atoms with van der Waals surface area (Å²) in [5.74, 6) is 1.41. The zero-order valence-corrected chi connectivity index (χ0v) is 20.0. The van der Waals surface area contributed by atoms with E-state index >= 15 is 0 Å². The summed E-state index contributed by atoms with van der Waals surface area (Å²) in [4.78, 5) is 19.3. The summed E-state index contributed by atoms with van der Waals surface area (Å²) in [7, 11) is 1.66. The van der Waals surface area contributed by atoms with Crippen LogP contribution in [0.1, 0.15) is 45.3 Å². The van der Waals surface area contributed by atoms with Crippen LogP contribution >= 0.6 is 0 Å². The third kappa shape index (κ3) is 2.20. The highest BCUT2D eigenvalue weighted by molar-refractivity contribution is 5.95. The molecule has 0 radical (unpaired) electrons. The molecule has 1 aromatic heterocycles. The molecule has 1 fully saturated rings. The van der Waals surface area contributed by atoms with Crippen molar-refractivity contribution >= 4 is 16.8 Å². The van der Waals surface area contributed by atoms with Crippen molar-refractivity contribution in [2.75, 3.05) is 13.7 Å². The fourth-order valence-electron chi connectivity index (χ4n) is 7.78. The van der Waals surface area contributed by atoms with Crippen LogP contribution in [0, 0.1) is 0 Å². The van der Waals surface area contributed by atoms with Gasteiger partial charge in [0.1, 0.15) is 5.60 Å². The minimum Gasteiger partial charge on any atom is -0.493 e. The highest BCUT2D eigenvalue weighted by atomic mass is 16.5. The van der Waals surface area contributed by atoms with Crippen LogP contribution in [0.15, 0.2) is 66.7 Å². The summed E-state index contributed by atoms with van der Waals surface area (Å²) in [5.41, 5.74) is 4.19. The number of carbonyl (C=O) groups excluding carboxylic acids is 1. The molecule has 4 atom stereocenters. The lowest BCUT2D eigenvalue weighted by Gasteiger charge is -2.62. The molecule has 2 bridgehead atoms. The highest BCUT2D eigenvalue weighted by Gasteiger charge is 2.73.